The van der Waals surface area contributed by atoms with Gasteiger partial charge in [-0.05, 0) is 44.5 Å². The van der Waals surface area contributed by atoms with Crippen molar-refractivity contribution >= 4 is 11.5 Å². The van der Waals surface area contributed by atoms with Crippen LogP contribution in [0.4, 0.5) is 5.82 Å². The van der Waals surface area contributed by atoms with E-state index in [2.05, 4.69) is 26.1 Å². The molecule has 0 N–H and O–H groups in total. The highest BCUT2D eigenvalue weighted by molar-refractivity contribution is 5.47. The number of ether oxygens (including phenoxy) is 1. The highest BCUT2D eigenvalue weighted by Crippen LogP contribution is 2.27. The topological polar surface area (TPSA) is 58.8 Å². The number of hydrogen-bond acceptors (Lipinski definition) is 6. The van der Waals surface area contributed by atoms with Crippen molar-refractivity contribution < 1.29 is 4.74 Å². The lowest BCUT2D eigenvalue weighted by Crippen LogP contribution is -2.38. The second-order valence-corrected chi connectivity index (χ2v) is 6.47. The Hall–Kier alpha value is -1.73. The molecule has 0 bridgehead atoms. The van der Waals surface area contributed by atoms with Crippen LogP contribution in [-0.2, 0) is 4.74 Å². The molecule has 4 rings (SSSR count). The number of fused-ring (bicyclic) bond motifs is 1. The average Bonchev–Trinajstić information content (AvgIpc) is 2.95. The Bertz CT molecular complexity index is 660. The summed E-state index contributed by atoms with van der Waals surface area (Å²) in [5.41, 5.74) is 0.853. The number of nitrogens with zero attached hydrogens (tertiary/aromatic N) is 6. The van der Waals surface area contributed by atoms with Crippen molar-refractivity contribution in [2.75, 3.05) is 51.3 Å². The molecule has 2 aromatic heterocycles. The summed E-state index contributed by atoms with van der Waals surface area (Å²) in [7, 11) is 1.76. The Kier molecular flexibility index (Phi) is 4.13. The summed E-state index contributed by atoms with van der Waals surface area (Å²) in [4.78, 5) is 4.76. The maximum Gasteiger partial charge on any atom is 0.178 e. The minimum atomic E-state index is 0.447. The Balaban J connectivity index is 1.50. The lowest BCUT2D eigenvalue weighted by Gasteiger charge is -2.32. The summed E-state index contributed by atoms with van der Waals surface area (Å²) in [5.74, 6) is 2.51. The zero-order valence-corrected chi connectivity index (χ0v) is 13.7. The molecule has 0 aromatic carbocycles. The third kappa shape index (κ3) is 2.90. The average molecular weight is 316 g/mol. The molecule has 2 aliphatic rings. The molecule has 0 unspecified atom stereocenters. The highest BCUT2D eigenvalue weighted by atomic mass is 16.5. The molecule has 2 fully saturated rings. The van der Waals surface area contributed by atoms with Crippen LogP contribution in [0.3, 0.4) is 0 Å². The SMILES string of the molecule is COCCN1CCC(c2nnc3ccc(N4CCC4)nn23)CC1. The van der Waals surface area contributed by atoms with Gasteiger partial charge in [-0.25, -0.2) is 0 Å². The number of rotatable bonds is 5. The molecular weight excluding hydrogens is 292 g/mol. The van der Waals surface area contributed by atoms with Gasteiger partial charge in [0.15, 0.2) is 11.5 Å². The van der Waals surface area contributed by atoms with Crippen molar-refractivity contribution in [3.63, 3.8) is 0 Å². The second kappa shape index (κ2) is 6.41. The van der Waals surface area contributed by atoms with Gasteiger partial charge in [0.25, 0.3) is 0 Å². The second-order valence-electron chi connectivity index (χ2n) is 6.47. The van der Waals surface area contributed by atoms with Gasteiger partial charge < -0.3 is 14.5 Å². The summed E-state index contributed by atoms with van der Waals surface area (Å²) in [5, 5.41) is 13.5. The van der Waals surface area contributed by atoms with E-state index in [9.17, 15) is 0 Å². The van der Waals surface area contributed by atoms with Crippen LogP contribution in [0.1, 0.15) is 31.0 Å². The molecule has 0 spiro atoms. The molecule has 7 heteroatoms. The normalized spacial score (nSPS) is 20.1. The number of methoxy groups -OCH3 is 1. The van der Waals surface area contributed by atoms with Gasteiger partial charge in [-0.1, -0.05) is 0 Å². The van der Waals surface area contributed by atoms with Crippen LogP contribution in [0.5, 0.6) is 0 Å². The predicted octanol–water partition coefficient (Wildman–Crippen LogP) is 1.16. The molecule has 23 heavy (non-hydrogen) atoms. The first kappa shape index (κ1) is 14.8. The van der Waals surface area contributed by atoms with Gasteiger partial charge in [-0.3, -0.25) is 0 Å². The van der Waals surface area contributed by atoms with Crippen LogP contribution < -0.4 is 4.90 Å². The van der Waals surface area contributed by atoms with Crippen molar-refractivity contribution in [2.24, 2.45) is 0 Å². The van der Waals surface area contributed by atoms with Gasteiger partial charge in [0.1, 0.15) is 5.82 Å². The van der Waals surface area contributed by atoms with E-state index in [0.29, 0.717) is 5.92 Å². The minimum Gasteiger partial charge on any atom is -0.383 e. The fraction of sp³-hybridized carbons (Fsp3) is 0.688. The number of aromatic nitrogens is 4. The zero-order valence-electron chi connectivity index (χ0n) is 13.7. The van der Waals surface area contributed by atoms with Crippen molar-refractivity contribution in [3.8, 4) is 0 Å². The molecule has 0 saturated carbocycles. The first-order valence-corrected chi connectivity index (χ1v) is 8.54. The van der Waals surface area contributed by atoms with Crippen LogP contribution >= 0.6 is 0 Å². The van der Waals surface area contributed by atoms with Crippen LogP contribution in [0.25, 0.3) is 5.65 Å². The lowest BCUT2D eigenvalue weighted by molar-refractivity contribution is 0.129. The number of piperidine rings is 1. The van der Waals surface area contributed by atoms with E-state index in [4.69, 9.17) is 9.84 Å². The quantitative estimate of drug-likeness (QED) is 0.825. The highest BCUT2D eigenvalue weighted by Gasteiger charge is 2.25. The first-order chi connectivity index (χ1) is 11.3. The molecule has 0 radical (unpaired) electrons. The van der Waals surface area contributed by atoms with E-state index in [0.717, 1.165) is 69.5 Å². The summed E-state index contributed by atoms with van der Waals surface area (Å²) in [6, 6.07) is 4.09. The van der Waals surface area contributed by atoms with Crippen LogP contribution in [0.2, 0.25) is 0 Å². The Morgan fingerprint density at radius 3 is 2.65 bits per heavy atom. The summed E-state index contributed by atoms with van der Waals surface area (Å²) < 4.78 is 7.13. The van der Waals surface area contributed by atoms with E-state index in [1.165, 1.54) is 6.42 Å². The van der Waals surface area contributed by atoms with Crippen molar-refractivity contribution in [1.29, 1.82) is 0 Å². The van der Waals surface area contributed by atoms with E-state index < -0.39 is 0 Å². The maximum atomic E-state index is 5.17. The molecule has 0 atom stereocenters. The number of likely N-dealkylation sites (tertiary alicyclic amines) is 1. The molecular formula is C16H24N6O. The first-order valence-electron chi connectivity index (χ1n) is 8.54. The standard InChI is InChI=1S/C16H24N6O/c1-23-12-11-20-9-5-13(6-10-20)16-18-17-14-3-4-15(19-22(14)16)21-7-2-8-21/h3-4,13H,2,5-12H2,1H3. The van der Waals surface area contributed by atoms with Crippen LogP contribution in [0.15, 0.2) is 12.1 Å². The molecule has 4 heterocycles. The summed E-state index contributed by atoms with van der Waals surface area (Å²) >= 11 is 0. The summed E-state index contributed by atoms with van der Waals surface area (Å²) in [6.45, 7) is 6.21. The fourth-order valence-corrected chi connectivity index (χ4v) is 3.40. The monoisotopic (exact) mass is 316 g/mol. The van der Waals surface area contributed by atoms with Crippen molar-refractivity contribution in [2.45, 2.75) is 25.2 Å². The smallest absolute Gasteiger partial charge is 0.178 e. The zero-order chi connectivity index (χ0) is 15.6. The van der Waals surface area contributed by atoms with E-state index in [1.54, 1.807) is 7.11 Å². The van der Waals surface area contributed by atoms with Crippen molar-refractivity contribution in [3.05, 3.63) is 18.0 Å². The number of hydrogen-bond donors (Lipinski definition) is 0. The Morgan fingerprint density at radius 1 is 1.13 bits per heavy atom. The van der Waals surface area contributed by atoms with Gasteiger partial charge in [0.05, 0.1) is 6.61 Å². The number of anilines is 1. The third-order valence-electron chi connectivity index (χ3n) is 5.02. The molecule has 124 valence electrons. The fourth-order valence-electron chi connectivity index (χ4n) is 3.40. The van der Waals surface area contributed by atoms with Crippen LogP contribution in [-0.4, -0.2) is 71.2 Å². The van der Waals surface area contributed by atoms with E-state index >= 15 is 0 Å². The largest absolute Gasteiger partial charge is 0.383 e. The maximum absolute atomic E-state index is 5.17. The molecule has 2 saturated heterocycles. The van der Waals surface area contributed by atoms with Crippen LogP contribution in [0, 0.1) is 0 Å². The molecule has 2 aromatic rings. The Morgan fingerprint density at radius 2 is 1.96 bits per heavy atom. The Labute approximate surface area is 136 Å². The third-order valence-corrected chi connectivity index (χ3v) is 5.02. The minimum absolute atomic E-state index is 0.447. The van der Waals surface area contributed by atoms with Gasteiger partial charge in [-0.15, -0.1) is 15.3 Å². The van der Waals surface area contributed by atoms with Gasteiger partial charge in [-0.2, -0.15) is 4.52 Å². The predicted molar refractivity (Wildman–Crippen MR) is 87.9 cm³/mol. The van der Waals surface area contributed by atoms with E-state index in [1.807, 2.05) is 10.6 Å². The molecule has 7 nitrogen and oxygen atoms in total. The van der Waals surface area contributed by atoms with Gasteiger partial charge >= 0.3 is 0 Å². The van der Waals surface area contributed by atoms with Gasteiger partial charge in [0.2, 0.25) is 0 Å². The summed E-state index contributed by atoms with van der Waals surface area (Å²) in [6.07, 6.45) is 3.48. The van der Waals surface area contributed by atoms with Crippen molar-refractivity contribution in [1.82, 2.24) is 24.7 Å². The molecule has 0 amide bonds. The molecule has 2 aliphatic heterocycles. The molecule has 0 aliphatic carbocycles. The van der Waals surface area contributed by atoms with Gasteiger partial charge in [0, 0.05) is 32.7 Å². The van der Waals surface area contributed by atoms with E-state index in [-0.39, 0.29) is 0 Å². The lowest BCUT2D eigenvalue weighted by atomic mass is 9.96.